The van der Waals surface area contributed by atoms with Crippen LogP contribution in [0, 0.1) is 0 Å². The van der Waals surface area contributed by atoms with Gasteiger partial charge in [-0.05, 0) is 66.2 Å². The average Bonchev–Trinajstić information content (AvgIpc) is 3.19. The second-order valence-corrected chi connectivity index (χ2v) is 12.6. The first-order valence-corrected chi connectivity index (χ1v) is 17.2. The Hall–Kier alpha value is -6.66. The van der Waals surface area contributed by atoms with E-state index in [9.17, 15) is 24.0 Å². The third-order valence-electron chi connectivity index (χ3n) is 8.24. The lowest BCUT2D eigenvalue weighted by molar-refractivity contribution is -0.114. The Kier molecular flexibility index (Phi) is 11.0. The van der Waals surface area contributed by atoms with Crippen LogP contribution in [0.2, 0.25) is 0 Å². The minimum Gasteiger partial charge on any atom is -0.493 e. The smallest absolute Gasteiger partial charge is 0.272 e. The molecular formula is C41H33N3O8S. The lowest BCUT2D eigenvalue weighted by Gasteiger charge is -2.20. The Morgan fingerprint density at radius 3 is 1.94 bits per heavy atom. The summed E-state index contributed by atoms with van der Waals surface area (Å²) in [5, 5.41) is 8.30. The van der Waals surface area contributed by atoms with Gasteiger partial charge in [0.1, 0.15) is 5.70 Å². The van der Waals surface area contributed by atoms with Gasteiger partial charge in [0.05, 0.1) is 38.3 Å². The molecule has 3 N–H and O–H groups in total. The number of nitrogens with one attached hydrogen (secondary N) is 3. The molecule has 0 aromatic heterocycles. The van der Waals surface area contributed by atoms with E-state index in [2.05, 4.69) is 16.0 Å². The van der Waals surface area contributed by atoms with Crippen molar-refractivity contribution in [2.45, 2.75) is 4.90 Å². The van der Waals surface area contributed by atoms with Crippen molar-refractivity contribution in [3.05, 3.63) is 148 Å². The maximum atomic E-state index is 13.6. The topological polar surface area (TPSA) is 149 Å². The maximum absolute atomic E-state index is 13.6. The van der Waals surface area contributed by atoms with Crippen molar-refractivity contribution >= 4 is 58.5 Å². The van der Waals surface area contributed by atoms with E-state index in [1.54, 1.807) is 109 Å². The van der Waals surface area contributed by atoms with Crippen molar-refractivity contribution in [1.82, 2.24) is 5.32 Å². The highest BCUT2D eigenvalue weighted by Gasteiger charge is 2.31. The second-order valence-electron chi connectivity index (χ2n) is 11.6. The van der Waals surface area contributed by atoms with Gasteiger partial charge in [0, 0.05) is 32.8 Å². The molecule has 12 heteroatoms. The molecule has 5 aromatic rings. The lowest BCUT2D eigenvalue weighted by Crippen LogP contribution is -2.30. The Morgan fingerprint density at radius 1 is 0.679 bits per heavy atom. The summed E-state index contributed by atoms with van der Waals surface area (Å²) in [4.78, 5) is 66.8. The third kappa shape index (κ3) is 7.97. The van der Waals surface area contributed by atoms with E-state index in [4.69, 9.17) is 14.2 Å². The van der Waals surface area contributed by atoms with Gasteiger partial charge in [0.25, 0.3) is 11.8 Å². The molecule has 0 aliphatic heterocycles. The standard InChI is InChI=1S/C41H33N3O8S/c1-50-33-21-24(22-34(51-2)39(33)52-3)20-32(44-40(48)25-10-5-4-6-11-25)41(49)42-26-16-18-27(19-17-26)53-23-35(45)43-31-15-9-14-30-36(31)38(47)29-13-8-7-12-28(29)37(30)46/h4-22H,23H2,1-3H3,(H,42,49)(H,43,45)(H,44,48)/b32-20-. The molecule has 0 heterocycles. The fourth-order valence-electron chi connectivity index (χ4n) is 5.71. The Balaban J connectivity index is 1.14. The molecule has 11 nitrogen and oxygen atoms in total. The van der Waals surface area contributed by atoms with E-state index in [-0.39, 0.29) is 45.7 Å². The van der Waals surface area contributed by atoms with Crippen LogP contribution in [0.25, 0.3) is 6.08 Å². The number of carbonyl (C=O) groups excluding carboxylic acids is 5. The molecule has 0 saturated carbocycles. The van der Waals surface area contributed by atoms with Crippen LogP contribution in [0.3, 0.4) is 0 Å². The van der Waals surface area contributed by atoms with Crippen LogP contribution in [-0.4, -0.2) is 56.4 Å². The van der Waals surface area contributed by atoms with Crippen LogP contribution >= 0.6 is 11.8 Å². The molecular weight excluding hydrogens is 695 g/mol. The van der Waals surface area contributed by atoms with Crippen molar-refractivity contribution in [3.63, 3.8) is 0 Å². The largest absolute Gasteiger partial charge is 0.493 e. The van der Waals surface area contributed by atoms with Crippen molar-refractivity contribution < 1.29 is 38.2 Å². The maximum Gasteiger partial charge on any atom is 0.272 e. The summed E-state index contributed by atoms with van der Waals surface area (Å²) in [6, 6.07) is 30.0. The van der Waals surface area contributed by atoms with Crippen molar-refractivity contribution in [1.29, 1.82) is 0 Å². The van der Waals surface area contributed by atoms with Gasteiger partial charge in [-0.3, -0.25) is 24.0 Å². The summed E-state index contributed by atoms with van der Waals surface area (Å²) in [6.07, 6.45) is 1.50. The highest BCUT2D eigenvalue weighted by atomic mass is 32.2. The van der Waals surface area contributed by atoms with Gasteiger partial charge < -0.3 is 30.2 Å². The van der Waals surface area contributed by atoms with E-state index in [1.165, 1.54) is 39.2 Å². The summed E-state index contributed by atoms with van der Waals surface area (Å²) in [5.41, 5.74) is 2.59. The summed E-state index contributed by atoms with van der Waals surface area (Å²) >= 11 is 1.25. The molecule has 0 unspecified atom stereocenters. The monoisotopic (exact) mass is 727 g/mol. The molecule has 1 aliphatic carbocycles. The van der Waals surface area contributed by atoms with Crippen LogP contribution in [0.4, 0.5) is 11.4 Å². The van der Waals surface area contributed by atoms with Gasteiger partial charge in [-0.15, -0.1) is 11.8 Å². The summed E-state index contributed by atoms with van der Waals surface area (Å²) < 4.78 is 16.3. The highest BCUT2D eigenvalue weighted by molar-refractivity contribution is 8.00. The molecule has 1 aliphatic rings. The molecule has 53 heavy (non-hydrogen) atoms. The molecule has 266 valence electrons. The number of amides is 3. The normalized spacial score (nSPS) is 11.9. The first-order valence-electron chi connectivity index (χ1n) is 16.2. The molecule has 3 amide bonds. The van der Waals surface area contributed by atoms with Crippen molar-refractivity contribution in [2.24, 2.45) is 0 Å². The van der Waals surface area contributed by atoms with E-state index >= 15 is 0 Å². The Labute approximate surface area is 309 Å². The fraction of sp³-hybridized carbons (Fsp3) is 0.0976. The van der Waals surface area contributed by atoms with Crippen LogP contribution < -0.4 is 30.2 Å². The number of thioether (sulfide) groups is 1. The summed E-state index contributed by atoms with van der Waals surface area (Å²) in [7, 11) is 4.44. The zero-order chi connectivity index (χ0) is 37.5. The number of hydrogen-bond acceptors (Lipinski definition) is 9. The number of methoxy groups -OCH3 is 3. The molecule has 0 radical (unpaired) electrons. The van der Waals surface area contributed by atoms with Gasteiger partial charge >= 0.3 is 0 Å². The highest BCUT2D eigenvalue weighted by Crippen LogP contribution is 2.39. The van der Waals surface area contributed by atoms with Gasteiger partial charge in [0.2, 0.25) is 11.7 Å². The zero-order valence-electron chi connectivity index (χ0n) is 28.9. The van der Waals surface area contributed by atoms with Crippen LogP contribution in [0.15, 0.2) is 120 Å². The number of rotatable bonds is 12. The third-order valence-corrected chi connectivity index (χ3v) is 9.25. The van der Waals surface area contributed by atoms with E-state index < -0.39 is 11.8 Å². The lowest BCUT2D eigenvalue weighted by atomic mass is 9.83. The molecule has 0 saturated heterocycles. The first kappa shape index (κ1) is 36.1. The van der Waals surface area contributed by atoms with Gasteiger partial charge in [-0.25, -0.2) is 0 Å². The van der Waals surface area contributed by atoms with Crippen LogP contribution in [0.1, 0.15) is 47.8 Å². The number of benzene rings is 5. The molecule has 5 aromatic carbocycles. The first-order chi connectivity index (χ1) is 25.7. The number of ketones is 2. The van der Waals surface area contributed by atoms with Gasteiger partial charge in [0.15, 0.2) is 23.1 Å². The SMILES string of the molecule is COc1cc(/C=C(\NC(=O)c2ccccc2)C(=O)Nc2ccc(SCC(=O)Nc3cccc4c3C(=O)c3ccccc3C4=O)cc2)cc(OC)c1OC. The number of hydrogen-bond donors (Lipinski definition) is 3. The second kappa shape index (κ2) is 16.1. The fourth-order valence-corrected chi connectivity index (χ4v) is 6.41. The van der Waals surface area contributed by atoms with Gasteiger partial charge in [-0.1, -0.05) is 54.6 Å². The van der Waals surface area contributed by atoms with Crippen LogP contribution in [-0.2, 0) is 9.59 Å². The minimum absolute atomic E-state index is 0.0152. The molecule has 0 fully saturated rings. The molecule has 0 bridgehead atoms. The van der Waals surface area contributed by atoms with E-state index in [0.29, 0.717) is 45.2 Å². The summed E-state index contributed by atoms with van der Waals surface area (Å²) in [5.74, 6) is -0.910. The Bertz CT molecular complexity index is 2240. The summed E-state index contributed by atoms with van der Waals surface area (Å²) in [6.45, 7) is 0. The Morgan fingerprint density at radius 2 is 1.30 bits per heavy atom. The van der Waals surface area contributed by atoms with Crippen molar-refractivity contribution in [2.75, 3.05) is 37.7 Å². The van der Waals surface area contributed by atoms with E-state index in [1.807, 2.05) is 0 Å². The average molecular weight is 728 g/mol. The predicted molar refractivity (Wildman–Crippen MR) is 202 cm³/mol. The number of fused-ring (bicyclic) bond motifs is 2. The quantitative estimate of drug-likeness (QED) is 0.0933. The molecule has 0 spiro atoms. The number of anilines is 2. The van der Waals surface area contributed by atoms with E-state index in [0.717, 1.165) is 4.90 Å². The zero-order valence-corrected chi connectivity index (χ0v) is 29.7. The van der Waals surface area contributed by atoms with Crippen LogP contribution in [0.5, 0.6) is 17.2 Å². The number of ether oxygens (including phenoxy) is 3. The predicted octanol–water partition coefficient (Wildman–Crippen LogP) is 6.63. The minimum atomic E-state index is -0.593. The van der Waals surface area contributed by atoms with Gasteiger partial charge in [-0.2, -0.15) is 0 Å². The van der Waals surface area contributed by atoms with Crippen molar-refractivity contribution in [3.8, 4) is 17.2 Å². The molecule has 6 rings (SSSR count). The molecule has 0 atom stereocenters. The number of carbonyl (C=O) groups is 5.